The Hall–Kier alpha value is -2.73. The number of nitrogens with two attached hydrogens (primary N) is 1. The van der Waals surface area contributed by atoms with E-state index in [0.29, 0.717) is 30.3 Å². The van der Waals surface area contributed by atoms with Crippen LogP contribution in [0.2, 0.25) is 0 Å². The molecule has 2 aliphatic heterocycles. The number of alkyl halides is 4. The fourth-order valence-corrected chi connectivity index (χ4v) is 6.57. The Morgan fingerprint density at radius 2 is 1.85 bits per heavy atom. The lowest BCUT2D eigenvalue weighted by Gasteiger charge is -2.43. The van der Waals surface area contributed by atoms with E-state index in [9.17, 15) is 18.0 Å². The number of carbonyl (C=O) groups excluding carboxylic acids is 1. The number of aromatic nitrogens is 3. The van der Waals surface area contributed by atoms with E-state index in [1.807, 2.05) is 4.68 Å². The molecule has 13 heteroatoms. The van der Waals surface area contributed by atoms with Crippen LogP contribution in [-0.2, 0) is 5.54 Å². The lowest BCUT2D eigenvalue weighted by atomic mass is 9.81. The molecule has 1 spiro atoms. The lowest BCUT2D eigenvalue weighted by molar-refractivity contribution is -0.155. The number of rotatable bonds is 3. The Morgan fingerprint density at radius 1 is 1.15 bits per heavy atom. The number of nitrogens with one attached hydrogen (secondary N) is 3. The average Bonchev–Trinajstić information content (AvgIpc) is 3.26. The summed E-state index contributed by atoms with van der Waals surface area (Å²) in [5, 5.41) is 13.1. The third kappa shape index (κ3) is 5.63. The van der Waals surface area contributed by atoms with Gasteiger partial charge in [0.15, 0.2) is 5.82 Å². The lowest BCUT2D eigenvalue weighted by Crippen LogP contribution is -2.57. The summed E-state index contributed by atoms with van der Waals surface area (Å²) in [4.78, 5) is 19.4. The van der Waals surface area contributed by atoms with Gasteiger partial charge in [-0.05, 0) is 18.9 Å². The highest BCUT2D eigenvalue weighted by atomic mass is 35.5. The number of pyridine rings is 1. The van der Waals surface area contributed by atoms with Gasteiger partial charge in [0.2, 0.25) is 0 Å². The number of halogens is 4. The van der Waals surface area contributed by atoms with Gasteiger partial charge in [0.25, 0.3) is 5.91 Å². The molecule has 214 valence electrons. The van der Waals surface area contributed by atoms with Gasteiger partial charge in [-0.25, -0.2) is 4.68 Å². The van der Waals surface area contributed by atoms with Gasteiger partial charge in [0.05, 0.1) is 28.5 Å². The van der Waals surface area contributed by atoms with Crippen molar-refractivity contribution in [3.8, 4) is 0 Å². The Labute approximate surface area is 231 Å². The standard InChI is InChI=1S/C26H36ClF3N8O/c27-19-15-34-23-21(22(31)36-38(23)25(19)9-6-4-2-1-3-5-7-10-25)24(39)35-17-14-32-11-8-18(17)37-13-12-33-20(16-37)26(28,29)30/h8,11,14,19-20,33-34H,1-7,9-10,12-13,15-16H2,(H2,31,36)(H,35,39). The minimum Gasteiger partial charge on any atom is -0.381 e. The zero-order chi connectivity index (χ0) is 27.6. The van der Waals surface area contributed by atoms with Gasteiger partial charge in [0, 0.05) is 32.4 Å². The van der Waals surface area contributed by atoms with Gasteiger partial charge < -0.3 is 26.6 Å². The summed E-state index contributed by atoms with van der Waals surface area (Å²) in [5.74, 6) is 0.117. The maximum Gasteiger partial charge on any atom is 0.405 e. The molecule has 2 fully saturated rings. The minimum absolute atomic E-state index is 0.0852. The van der Waals surface area contributed by atoms with E-state index in [2.05, 4.69) is 26.0 Å². The number of piperazine rings is 1. The predicted octanol–water partition coefficient (Wildman–Crippen LogP) is 4.71. The van der Waals surface area contributed by atoms with E-state index in [1.54, 1.807) is 11.0 Å². The van der Waals surface area contributed by atoms with E-state index in [0.717, 1.165) is 38.5 Å². The van der Waals surface area contributed by atoms with Crippen LogP contribution < -0.4 is 26.6 Å². The molecule has 9 nitrogen and oxygen atoms in total. The van der Waals surface area contributed by atoms with Gasteiger partial charge in [-0.2, -0.15) is 18.3 Å². The molecule has 5 rings (SSSR count). The summed E-state index contributed by atoms with van der Waals surface area (Å²) >= 11 is 6.96. The van der Waals surface area contributed by atoms with Gasteiger partial charge in [-0.1, -0.05) is 44.9 Å². The van der Waals surface area contributed by atoms with Crippen molar-refractivity contribution in [3.63, 3.8) is 0 Å². The molecule has 2 aromatic heterocycles. The molecule has 1 aliphatic carbocycles. The van der Waals surface area contributed by atoms with Crippen LogP contribution in [0.5, 0.6) is 0 Å². The number of fused-ring (bicyclic) bond motifs is 2. The smallest absolute Gasteiger partial charge is 0.381 e. The molecule has 1 amide bonds. The zero-order valence-corrected chi connectivity index (χ0v) is 22.6. The topological polar surface area (TPSA) is 113 Å². The molecule has 0 bridgehead atoms. The molecule has 3 aliphatic rings. The Balaban J connectivity index is 1.42. The highest BCUT2D eigenvalue weighted by Gasteiger charge is 2.46. The van der Waals surface area contributed by atoms with Gasteiger partial charge in [-0.3, -0.25) is 9.78 Å². The van der Waals surface area contributed by atoms with Crippen LogP contribution in [0.4, 0.5) is 36.2 Å². The first-order chi connectivity index (χ1) is 18.7. The van der Waals surface area contributed by atoms with Crippen LogP contribution in [0.15, 0.2) is 18.5 Å². The summed E-state index contributed by atoms with van der Waals surface area (Å²) in [6.07, 6.45) is 8.23. The van der Waals surface area contributed by atoms with Gasteiger partial charge in [0.1, 0.15) is 17.4 Å². The second-order valence-corrected chi connectivity index (χ2v) is 11.3. The molecular weight excluding hydrogens is 533 g/mol. The molecule has 0 radical (unpaired) electrons. The van der Waals surface area contributed by atoms with Crippen molar-refractivity contribution in [2.45, 2.75) is 80.9 Å². The van der Waals surface area contributed by atoms with Crippen molar-refractivity contribution in [1.29, 1.82) is 0 Å². The SMILES string of the molecule is Nc1nn2c(c1C(=O)Nc1cnccc1N1CCNC(C(F)(F)F)C1)NCC(Cl)C21CCCCCCCCC1. The summed E-state index contributed by atoms with van der Waals surface area (Å²) < 4.78 is 42.0. The first-order valence-corrected chi connectivity index (χ1v) is 14.2. The predicted molar refractivity (Wildman–Crippen MR) is 147 cm³/mol. The monoisotopic (exact) mass is 568 g/mol. The fraction of sp³-hybridized carbons (Fsp3) is 0.654. The van der Waals surface area contributed by atoms with Crippen LogP contribution in [-0.4, -0.2) is 64.4 Å². The van der Waals surface area contributed by atoms with Crippen molar-refractivity contribution in [2.24, 2.45) is 0 Å². The van der Waals surface area contributed by atoms with E-state index in [4.69, 9.17) is 17.3 Å². The van der Waals surface area contributed by atoms with Crippen LogP contribution in [0.25, 0.3) is 0 Å². The number of anilines is 4. The number of nitrogens with zero attached hydrogens (tertiary/aromatic N) is 4. The third-order valence-electron chi connectivity index (χ3n) is 8.27. The van der Waals surface area contributed by atoms with E-state index in [-0.39, 0.29) is 29.8 Å². The molecule has 4 heterocycles. The summed E-state index contributed by atoms with van der Waals surface area (Å²) in [6.45, 7) is 0.717. The molecule has 39 heavy (non-hydrogen) atoms. The summed E-state index contributed by atoms with van der Waals surface area (Å²) in [6, 6.07) is -0.0567. The fourth-order valence-electron chi connectivity index (χ4n) is 6.18. The molecule has 1 saturated heterocycles. The van der Waals surface area contributed by atoms with Crippen LogP contribution in [0.1, 0.15) is 68.1 Å². The number of nitrogen functional groups attached to an aromatic ring is 1. The maximum atomic E-state index is 13.6. The number of amides is 1. The maximum absolute atomic E-state index is 13.6. The average molecular weight is 569 g/mol. The van der Waals surface area contributed by atoms with Crippen molar-refractivity contribution in [3.05, 3.63) is 24.0 Å². The third-order valence-corrected chi connectivity index (χ3v) is 8.83. The second kappa shape index (κ2) is 11.4. The van der Waals surface area contributed by atoms with E-state index < -0.39 is 23.7 Å². The second-order valence-electron chi connectivity index (χ2n) is 10.8. The Bertz CT molecular complexity index is 1160. The number of carbonyl (C=O) groups is 1. The van der Waals surface area contributed by atoms with Crippen LogP contribution in [0.3, 0.4) is 0 Å². The summed E-state index contributed by atoms with van der Waals surface area (Å²) in [5.41, 5.74) is 6.88. The molecule has 2 aromatic rings. The molecule has 2 atom stereocenters. The van der Waals surface area contributed by atoms with E-state index >= 15 is 0 Å². The van der Waals surface area contributed by atoms with Crippen LogP contribution in [0, 0.1) is 0 Å². The molecule has 1 saturated carbocycles. The number of hydrogen-bond acceptors (Lipinski definition) is 7. The van der Waals surface area contributed by atoms with Crippen LogP contribution >= 0.6 is 11.6 Å². The van der Waals surface area contributed by atoms with E-state index in [1.165, 1.54) is 31.7 Å². The molecule has 0 aromatic carbocycles. The minimum atomic E-state index is -4.38. The van der Waals surface area contributed by atoms with Gasteiger partial charge in [-0.15, -0.1) is 11.6 Å². The normalized spacial score (nSPS) is 24.1. The van der Waals surface area contributed by atoms with Crippen molar-refractivity contribution in [1.82, 2.24) is 20.1 Å². The first-order valence-electron chi connectivity index (χ1n) is 13.8. The van der Waals surface area contributed by atoms with Crippen molar-refractivity contribution >= 4 is 40.5 Å². The van der Waals surface area contributed by atoms with Crippen molar-refractivity contribution in [2.75, 3.05) is 47.4 Å². The zero-order valence-electron chi connectivity index (χ0n) is 21.9. The molecule has 5 N–H and O–H groups in total. The highest BCUT2D eigenvalue weighted by molar-refractivity contribution is 6.22. The summed E-state index contributed by atoms with van der Waals surface area (Å²) in [7, 11) is 0. The largest absolute Gasteiger partial charge is 0.405 e. The Kier molecular flexibility index (Phi) is 8.14. The molecular formula is C26H36ClF3N8O. The molecule has 2 unspecified atom stereocenters. The van der Waals surface area contributed by atoms with Crippen molar-refractivity contribution < 1.29 is 18.0 Å². The highest BCUT2D eigenvalue weighted by Crippen LogP contribution is 2.44. The number of hydrogen-bond donors (Lipinski definition) is 4. The quantitative estimate of drug-likeness (QED) is 0.397. The Morgan fingerprint density at radius 3 is 2.54 bits per heavy atom. The first kappa shape index (κ1) is 27.8. The van der Waals surface area contributed by atoms with Gasteiger partial charge >= 0.3 is 6.18 Å².